The van der Waals surface area contributed by atoms with Gasteiger partial charge in [0, 0.05) is 24.3 Å². The van der Waals surface area contributed by atoms with Gasteiger partial charge >= 0.3 is 12.1 Å². The van der Waals surface area contributed by atoms with E-state index in [2.05, 4.69) is 39.5 Å². The van der Waals surface area contributed by atoms with Crippen LogP contribution in [0.25, 0.3) is 0 Å². The van der Waals surface area contributed by atoms with Crippen LogP contribution in [0.15, 0.2) is 47.6 Å². The van der Waals surface area contributed by atoms with Crippen molar-refractivity contribution in [1.82, 2.24) is 10.3 Å². The molecule has 1 saturated heterocycles. The van der Waals surface area contributed by atoms with Crippen LogP contribution in [-0.4, -0.2) is 46.6 Å². The van der Waals surface area contributed by atoms with Gasteiger partial charge in [-0.3, -0.25) is 4.79 Å². The number of hydrogen-bond acceptors (Lipinski definition) is 6. The molecule has 1 aliphatic heterocycles. The van der Waals surface area contributed by atoms with E-state index in [1.54, 1.807) is 0 Å². The summed E-state index contributed by atoms with van der Waals surface area (Å²) in [6.07, 6.45) is 4.50. The van der Waals surface area contributed by atoms with E-state index in [-0.39, 0.29) is 24.0 Å². The predicted octanol–water partition coefficient (Wildman–Crippen LogP) is 5.06. The number of thioether (sulfide) groups is 1. The van der Waals surface area contributed by atoms with Crippen molar-refractivity contribution in [2.24, 2.45) is 5.41 Å². The number of nitrogens with one attached hydrogen (secondary N) is 1. The zero-order valence-corrected chi connectivity index (χ0v) is 20.9. The molecule has 2 aromatic rings. The van der Waals surface area contributed by atoms with Gasteiger partial charge in [-0.05, 0) is 63.3 Å². The molecule has 2 aliphatic rings. The van der Waals surface area contributed by atoms with E-state index in [0.717, 1.165) is 43.1 Å². The number of alkyl carbamates (subject to hydrolysis) is 1. The molecule has 34 heavy (non-hydrogen) atoms. The van der Waals surface area contributed by atoms with Gasteiger partial charge in [0.1, 0.15) is 5.60 Å². The van der Waals surface area contributed by atoms with Crippen LogP contribution in [0.2, 0.25) is 0 Å². The number of nitrogens with zero attached hydrogens (tertiary/aromatic N) is 2. The number of rotatable bonds is 6. The van der Waals surface area contributed by atoms with Crippen LogP contribution >= 0.6 is 11.8 Å². The number of hydrogen-bond donors (Lipinski definition) is 2. The van der Waals surface area contributed by atoms with E-state index < -0.39 is 11.6 Å². The Labute approximate surface area is 205 Å². The normalized spacial score (nSPS) is 19.0. The molecular formula is C26H33N3O4S. The van der Waals surface area contributed by atoms with Crippen LogP contribution in [0.3, 0.4) is 0 Å². The van der Waals surface area contributed by atoms with Gasteiger partial charge in [-0.15, -0.1) is 11.8 Å². The number of benzene rings is 1. The van der Waals surface area contributed by atoms with Crippen molar-refractivity contribution in [3.05, 3.63) is 53.7 Å². The highest BCUT2D eigenvalue weighted by Gasteiger charge is 2.48. The Hall–Kier alpha value is -2.74. The van der Waals surface area contributed by atoms with Gasteiger partial charge < -0.3 is 20.1 Å². The second kappa shape index (κ2) is 9.86. The summed E-state index contributed by atoms with van der Waals surface area (Å²) in [5, 5.41) is 12.8. The lowest BCUT2D eigenvalue weighted by atomic mass is 9.72. The van der Waals surface area contributed by atoms with E-state index in [9.17, 15) is 9.59 Å². The third-order valence-corrected chi connectivity index (χ3v) is 7.54. The summed E-state index contributed by atoms with van der Waals surface area (Å²) in [5.74, 6) is -0.277. The summed E-state index contributed by atoms with van der Waals surface area (Å²) < 4.78 is 5.59. The number of aromatic nitrogens is 1. The lowest BCUT2D eigenvalue weighted by Crippen LogP contribution is -2.47. The Morgan fingerprint density at radius 1 is 1.21 bits per heavy atom. The Bertz CT molecular complexity index is 1030. The second-order valence-corrected chi connectivity index (χ2v) is 11.3. The fourth-order valence-electron chi connectivity index (χ4n) is 5.01. The minimum absolute atomic E-state index is 0.0306. The van der Waals surface area contributed by atoms with E-state index in [1.165, 1.54) is 22.9 Å². The van der Waals surface area contributed by atoms with E-state index in [4.69, 9.17) is 9.84 Å². The molecule has 1 amide bonds. The fraction of sp³-hybridized carbons (Fsp3) is 0.500. The molecule has 2 N–H and O–H groups in total. The number of carboxylic acids is 1. The molecule has 1 spiro atoms. The van der Waals surface area contributed by atoms with Crippen molar-refractivity contribution in [1.29, 1.82) is 0 Å². The molecule has 7 nitrogen and oxygen atoms in total. The second-order valence-electron chi connectivity index (χ2n) is 10.2. The first-order chi connectivity index (χ1) is 16.2. The number of piperidine rings is 1. The molecular weight excluding hydrogens is 450 g/mol. The molecule has 0 unspecified atom stereocenters. The Morgan fingerprint density at radius 2 is 1.94 bits per heavy atom. The van der Waals surface area contributed by atoms with E-state index in [1.807, 2.05) is 39.1 Å². The standard InChI is InChI=1S/C26H33N3O4S/c1-25(2,3)33-24(32)28-23-20-7-5-4-6-18(20)16-26(23)11-13-29(14-12-26)19-8-9-21(27-17-19)34-15-10-22(30)31/h4-9,17,23H,10-16H2,1-3H3,(H,28,32)(H,30,31)/t23-/m1/s1. The highest BCUT2D eigenvalue weighted by atomic mass is 32.2. The number of carbonyl (C=O) groups is 2. The Balaban J connectivity index is 1.43. The average molecular weight is 484 g/mol. The first-order valence-electron chi connectivity index (χ1n) is 11.8. The molecule has 1 aromatic carbocycles. The van der Waals surface area contributed by atoms with Crippen LogP contribution in [0, 0.1) is 5.41 Å². The van der Waals surface area contributed by atoms with Gasteiger partial charge in [-0.2, -0.15) is 0 Å². The van der Waals surface area contributed by atoms with Crippen molar-refractivity contribution < 1.29 is 19.4 Å². The summed E-state index contributed by atoms with van der Waals surface area (Å²) in [7, 11) is 0. The van der Waals surface area contributed by atoms with Gasteiger partial charge in [0.15, 0.2) is 0 Å². The number of carbonyl (C=O) groups excluding carboxylic acids is 1. The van der Waals surface area contributed by atoms with Crippen molar-refractivity contribution in [2.75, 3.05) is 23.7 Å². The molecule has 0 radical (unpaired) electrons. The number of pyridine rings is 1. The third-order valence-electron chi connectivity index (χ3n) is 6.59. The number of ether oxygens (including phenoxy) is 1. The zero-order chi connectivity index (χ0) is 24.3. The first-order valence-corrected chi connectivity index (χ1v) is 12.8. The molecule has 182 valence electrons. The summed E-state index contributed by atoms with van der Waals surface area (Å²) in [5.41, 5.74) is 3.01. The summed E-state index contributed by atoms with van der Waals surface area (Å²) >= 11 is 1.46. The van der Waals surface area contributed by atoms with Gasteiger partial charge in [0.05, 0.1) is 29.4 Å². The maximum atomic E-state index is 12.7. The summed E-state index contributed by atoms with van der Waals surface area (Å²) in [6, 6.07) is 12.4. The van der Waals surface area contributed by atoms with Crippen molar-refractivity contribution in [2.45, 2.75) is 63.1 Å². The molecule has 1 atom stereocenters. The van der Waals surface area contributed by atoms with Crippen molar-refractivity contribution in [3.63, 3.8) is 0 Å². The minimum atomic E-state index is -0.792. The van der Waals surface area contributed by atoms with Gasteiger partial charge in [-0.25, -0.2) is 9.78 Å². The van der Waals surface area contributed by atoms with E-state index >= 15 is 0 Å². The maximum absolute atomic E-state index is 12.7. The SMILES string of the molecule is CC(C)(C)OC(=O)N[C@@H]1c2ccccc2CC12CCN(c1ccc(SCCC(=O)O)nc1)CC2. The van der Waals surface area contributed by atoms with Crippen LogP contribution in [-0.2, 0) is 16.0 Å². The number of amides is 1. The van der Waals surface area contributed by atoms with Crippen LogP contribution in [0.1, 0.15) is 57.2 Å². The summed E-state index contributed by atoms with van der Waals surface area (Å²) in [6.45, 7) is 7.41. The molecule has 0 bridgehead atoms. The van der Waals surface area contributed by atoms with E-state index in [0.29, 0.717) is 5.75 Å². The molecule has 1 aliphatic carbocycles. The largest absolute Gasteiger partial charge is 0.481 e. The van der Waals surface area contributed by atoms with Gasteiger partial charge in [-0.1, -0.05) is 24.3 Å². The number of anilines is 1. The van der Waals surface area contributed by atoms with Gasteiger partial charge in [0.25, 0.3) is 0 Å². The highest BCUT2D eigenvalue weighted by molar-refractivity contribution is 7.99. The quantitative estimate of drug-likeness (QED) is 0.555. The topological polar surface area (TPSA) is 91.8 Å². The fourth-order valence-corrected chi connectivity index (χ4v) is 5.79. The van der Waals surface area contributed by atoms with Crippen molar-refractivity contribution in [3.8, 4) is 0 Å². The number of aliphatic carboxylic acids is 1. The van der Waals surface area contributed by atoms with Crippen molar-refractivity contribution >= 4 is 29.5 Å². The Kier molecular flexibility index (Phi) is 7.07. The van der Waals surface area contributed by atoms with Crippen LogP contribution in [0.4, 0.5) is 10.5 Å². The van der Waals surface area contributed by atoms with Gasteiger partial charge in [0.2, 0.25) is 0 Å². The molecule has 4 rings (SSSR count). The molecule has 2 heterocycles. The minimum Gasteiger partial charge on any atom is -0.481 e. The average Bonchev–Trinajstić information content (AvgIpc) is 3.06. The predicted molar refractivity (Wildman–Crippen MR) is 133 cm³/mol. The third kappa shape index (κ3) is 5.66. The first kappa shape index (κ1) is 24.4. The van der Waals surface area contributed by atoms with Crippen LogP contribution in [0.5, 0.6) is 0 Å². The lowest BCUT2D eigenvalue weighted by Gasteiger charge is -2.44. The molecule has 8 heteroatoms. The number of carboxylic acid groups (broad SMARTS) is 1. The maximum Gasteiger partial charge on any atom is 0.408 e. The monoisotopic (exact) mass is 483 g/mol. The summed E-state index contributed by atoms with van der Waals surface area (Å²) in [4.78, 5) is 30.3. The zero-order valence-electron chi connectivity index (χ0n) is 20.0. The molecule has 1 aromatic heterocycles. The molecule has 0 saturated carbocycles. The van der Waals surface area contributed by atoms with Crippen LogP contribution < -0.4 is 10.2 Å². The number of fused-ring (bicyclic) bond motifs is 1. The Morgan fingerprint density at radius 3 is 2.59 bits per heavy atom. The highest BCUT2D eigenvalue weighted by Crippen LogP contribution is 2.52. The smallest absolute Gasteiger partial charge is 0.408 e. The lowest BCUT2D eigenvalue weighted by molar-refractivity contribution is -0.136. The molecule has 1 fully saturated rings.